The number of allylic oxidation sites excluding steroid dienone is 1. The van der Waals surface area contributed by atoms with Crippen LogP contribution in [0, 0.1) is 11.8 Å². The number of benzene rings is 1. The molecule has 0 radical (unpaired) electrons. The molecule has 0 saturated heterocycles. The monoisotopic (exact) mass is 311 g/mol. The molecule has 2 aliphatic rings. The first-order valence-electron chi connectivity index (χ1n) is 8.76. The fourth-order valence-electron chi connectivity index (χ4n) is 3.91. The highest BCUT2D eigenvalue weighted by Gasteiger charge is 2.35. The van der Waals surface area contributed by atoms with E-state index in [0.29, 0.717) is 18.2 Å². The van der Waals surface area contributed by atoms with Crippen LogP contribution in [0.3, 0.4) is 0 Å². The van der Waals surface area contributed by atoms with Gasteiger partial charge < -0.3 is 5.32 Å². The number of nitrogens with one attached hydrogen (secondary N) is 1. The van der Waals surface area contributed by atoms with E-state index in [0.717, 1.165) is 44.1 Å². The van der Waals surface area contributed by atoms with Crippen LogP contribution in [0.25, 0.3) is 0 Å². The topological polar surface area (TPSA) is 46.2 Å². The normalized spacial score (nSPS) is 25.9. The van der Waals surface area contributed by atoms with Crippen LogP contribution in [0.1, 0.15) is 44.1 Å². The van der Waals surface area contributed by atoms with Gasteiger partial charge in [0.2, 0.25) is 5.91 Å². The Morgan fingerprint density at radius 2 is 2.00 bits per heavy atom. The molecule has 2 saturated carbocycles. The van der Waals surface area contributed by atoms with Crippen LogP contribution in [0.15, 0.2) is 42.0 Å². The minimum absolute atomic E-state index is 0.0161. The molecule has 2 fully saturated rings. The van der Waals surface area contributed by atoms with Crippen LogP contribution in [0.2, 0.25) is 0 Å². The van der Waals surface area contributed by atoms with Crippen molar-refractivity contribution in [1.29, 1.82) is 0 Å². The van der Waals surface area contributed by atoms with Gasteiger partial charge in [-0.2, -0.15) is 0 Å². The molecule has 1 amide bonds. The van der Waals surface area contributed by atoms with E-state index in [1.54, 1.807) is 6.08 Å². The quantitative estimate of drug-likeness (QED) is 0.866. The van der Waals surface area contributed by atoms with E-state index in [-0.39, 0.29) is 11.8 Å². The highest BCUT2D eigenvalue weighted by atomic mass is 16.1. The van der Waals surface area contributed by atoms with Crippen molar-refractivity contribution in [1.82, 2.24) is 5.32 Å². The van der Waals surface area contributed by atoms with E-state index >= 15 is 0 Å². The molecule has 0 heterocycles. The van der Waals surface area contributed by atoms with E-state index in [1.165, 1.54) is 12.0 Å². The molecule has 1 N–H and O–H groups in total. The summed E-state index contributed by atoms with van der Waals surface area (Å²) in [7, 11) is 0. The highest BCUT2D eigenvalue weighted by Crippen LogP contribution is 2.40. The second kappa shape index (κ2) is 7.58. The number of Topliss-reactive ketones (excluding diaryl/α,β-unsaturated/α-hetero) is 1. The Hall–Kier alpha value is -1.90. The van der Waals surface area contributed by atoms with Crippen molar-refractivity contribution < 1.29 is 9.59 Å². The summed E-state index contributed by atoms with van der Waals surface area (Å²) in [6.45, 7) is 0.650. The van der Waals surface area contributed by atoms with Gasteiger partial charge in [0, 0.05) is 25.0 Å². The van der Waals surface area contributed by atoms with Gasteiger partial charge in [-0.3, -0.25) is 9.59 Å². The fraction of sp³-hybridized carbons (Fsp3) is 0.500. The van der Waals surface area contributed by atoms with Crippen molar-refractivity contribution in [2.24, 2.45) is 11.8 Å². The first-order chi connectivity index (χ1) is 11.2. The van der Waals surface area contributed by atoms with Crippen molar-refractivity contribution >= 4 is 11.7 Å². The molecule has 3 heteroatoms. The van der Waals surface area contributed by atoms with Gasteiger partial charge in [0.25, 0.3) is 0 Å². The molecule has 2 atom stereocenters. The first kappa shape index (κ1) is 16.0. The summed E-state index contributed by atoms with van der Waals surface area (Å²) in [4.78, 5) is 24.1. The smallest absolute Gasteiger partial charge is 0.243 e. The van der Waals surface area contributed by atoms with Crippen LogP contribution in [-0.2, 0) is 16.0 Å². The molecular formula is C20H25NO2. The van der Waals surface area contributed by atoms with Crippen LogP contribution < -0.4 is 5.32 Å². The Morgan fingerprint density at radius 1 is 1.17 bits per heavy atom. The third-order valence-electron chi connectivity index (χ3n) is 5.19. The molecule has 1 unspecified atom stereocenters. The molecule has 1 aromatic rings. The number of fused-ring (bicyclic) bond motifs is 1. The second-order valence-electron chi connectivity index (χ2n) is 6.80. The lowest BCUT2D eigenvalue weighted by Crippen LogP contribution is -2.32. The number of carbonyl (C=O) groups excluding carboxylic acids is 2. The molecule has 1 aromatic carbocycles. The Bertz CT molecular complexity index is 591. The summed E-state index contributed by atoms with van der Waals surface area (Å²) in [5, 5.41) is 2.96. The van der Waals surface area contributed by atoms with Crippen LogP contribution in [0.5, 0.6) is 0 Å². The lowest BCUT2D eigenvalue weighted by molar-refractivity contribution is -0.127. The standard InChI is InChI=1S/C20H25NO2/c22-19-8-4-7-17-10-9-16(13-18(17)19)14-20(23)21-12-11-15-5-2-1-3-6-15/h1-3,5-6,14,17-18H,4,7-13H2,(H,21,23)/b16-14+/t17-,18?/m0/s1. The number of amides is 1. The molecule has 3 rings (SSSR count). The van der Waals surface area contributed by atoms with E-state index < -0.39 is 0 Å². The van der Waals surface area contributed by atoms with Crippen molar-refractivity contribution in [3.63, 3.8) is 0 Å². The van der Waals surface area contributed by atoms with Gasteiger partial charge in [0.05, 0.1) is 0 Å². The number of hydrogen-bond acceptors (Lipinski definition) is 2. The van der Waals surface area contributed by atoms with Crippen LogP contribution in [-0.4, -0.2) is 18.2 Å². The predicted octanol–water partition coefficient (Wildman–Crippen LogP) is 3.44. The molecule has 23 heavy (non-hydrogen) atoms. The summed E-state index contributed by atoms with van der Waals surface area (Å²) in [5.74, 6) is 1.14. The molecule has 122 valence electrons. The summed E-state index contributed by atoms with van der Waals surface area (Å²) in [6, 6.07) is 10.2. The van der Waals surface area contributed by atoms with E-state index in [1.807, 2.05) is 18.2 Å². The molecule has 0 spiro atoms. The Morgan fingerprint density at radius 3 is 2.83 bits per heavy atom. The van der Waals surface area contributed by atoms with Crippen molar-refractivity contribution in [3.05, 3.63) is 47.5 Å². The summed E-state index contributed by atoms with van der Waals surface area (Å²) >= 11 is 0. The molecule has 0 aliphatic heterocycles. The van der Waals surface area contributed by atoms with Gasteiger partial charge in [-0.05, 0) is 50.0 Å². The van der Waals surface area contributed by atoms with Gasteiger partial charge >= 0.3 is 0 Å². The maximum absolute atomic E-state index is 12.1. The summed E-state index contributed by atoms with van der Waals surface area (Å²) in [5.41, 5.74) is 2.38. The summed E-state index contributed by atoms with van der Waals surface area (Å²) < 4.78 is 0. The first-order valence-corrected chi connectivity index (χ1v) is 8.76. The lowest BCUT2D eigenvalue weighted by Gasteiger charge is -2.35. The molecule has 0 aromatic heterocycles. The average molecular weight is 311 g/mol. The molecule has 0 bridgehead atoms. The van der Waals surface area contributed by atoms with E-state index in [4.69, 9.17) is 0 Å². The number of ketones is 1. The zero-order valence-electron chi connectivity index (χ0n) is 13.6. The maximum atomic E-state index is 12.1. The fourth-order valence-corrected chi connectivity index (χ4v) is 3.91. The zero-order valence-corrected chi connectivity index (χ0v) is 13.6. The van der Waals surface area contributed by atoms with Crippen LogP contribution >= 0.6 is 0 Å². The minimum Gasteiger partial charge on any atom is -0.352 e. The molecule has 2 aliphatic carbocycles. The SMILES string of the molecule is O=C(/C=C1\CC[C@@H]2CCCC(=O)C2C1)NCCc1ccccc1. The third kappa shape index (κ3) is 4.31. The third-order valence-corrected chi connectivity index (χ3v) is 5.19. The maximum Gasteiger partial charge on any atom is 0.243 e. The van der Waals surface area contributed by atoms with Crippen molar-refractivity contribution in [2.45, 2.75) is 44.9 Å². The largest absolute Gasteiger partial charge is 0.352 e. The minimum atomic E-state index is -0.0161. The number of hydrogen-bond donors (Lipinski definition) is 1. The highest BCUT2D eigenvalue weighted by molar-refractivity contribution is 5.88. The lowest BCUT2D eigenvalue weighted by atomic mass is 9.69. The Kier molecular flexibility index (Phi) is 5.27. The van der Waals surface area contributed by atoms with Crippen molar-refractivity contribution in [2.75, 3.05) is 6.54 Å². The predicted molar refractivity (Wildman–Crippen MR) is 90.9 cm³/mol. The summed E-state index contributed by atoms with van der Waals surface area (Å²) in [6.07, 6.45) is 8.40. The van der Waals surface area contributed by atoms with E-state index in [9.17, 15) is 9.59 Å². The average Bonchev–Trinajstić information content (AvgIpc) is 2.57. The van der Waals surface area contributed by atoms with Gasteiger partial charge in [0.15, 0.2) is 0 Å². The molecule has 3 nitrogen and oxygen atoms in total. The zero-order chi connectivity index (χ0) is 16.1. The van der Waals surface area contributed by atoms with E-state index in [2.05, 4.69) is 17.4 Å². The van der Waals surface area contributed by atoms with Gasteiger partial charge in [-0.1, -0.05) is 35.9 Å². The molecular weight excluding hydrogens is 286 g/mol. The number of carbonyl (C=O) groups is 2. The number of rotatable bonds is 4. The van der Waals surface area contributed by atoms with Gasteiger partial charge in [-0.15, -0.1) is 0 Å². The van der Waals surface area contributed by atoms with Gasteiger partial charge in [0.1, 0.15) is 5.78 Å². The second-order valence-corrected chi connectivity index (χ2v) is 6.80. The van der Waals surface area contributed by atoms with Crippen molar-refractivity contribution in [3.8, 4) is 0 Å². The Balaban J connectivity index is 1.48. The van der Waals surface area contributed by atoms with Crippen LogP contribution in [0.4, 0.5) is 0 Å². The van der Waals surface area contributed by atoms with Gasteiger partial charge in [-0.25, -0.2) is 0 Å². The Labute approximate surface area is 138 Å².